The van der Waals surface area contributed by atoms with Gasteiger partial charge in [0.05, 0.1) is 0 Å². The van der Waals surface area contributed by atoms with Gasteiger partial charge in [-0.1, -0.05) is 68.0 Å². The first kappa shape index (κ1) is 20.0. The second kappa shape index (κ2) is 8.63. The van der Waals surface area contributed by atoms with Gasteiger partial charge in [0, 0.05) is 11.1 Å². The number of aryl methyl sites for hydroxylation is 1. The van der Waals surface area contributed by atoms with Crippen molar-refractivity contribution < 1.29 is 13.2 Å². The molecule has 0 heterocycles. The molecule has 0 spiro atoms. The fourth-order valence-corrected chi connectivity index (χ4v) is 3.71. The zero-order valence-corrected chi connectivity index (χ0v) is 16.7. The van der Waals surface area contributed by atoms with Crippen LogP contribution in [0.1, 0.15) is 42.9 Å². The smallest absolute Gasteiger partial charge is 0.194 e. The highest BCUT2D eigenvalue weighted by atomic mass is 19.2. The predicted octanol–water partition coefficient (Wildman–Crippen LogP) is 7.54. The number of unbranched alkanes of at least 4 members (excludes halogenated alkanes) is 2. The highest BCUT2D eigenvalue weighted by molar-refractivity contribution is 6.07. The van der Waals surface area contributed by atoms with E-state index in [0.717, 1.165) is 34.9 Å². The van der Waals surface area contributed by atoms with Crippen molar-refractivity contribution in [2.75, 3.05) is 0 Å². The molecule has 0 aliphatic heterocycles. The molecule has 0 unspecified atom stereocenters. The van der Waals surface area contributed by atoms with E-state index in [1.54, 1.807) is 0 Å². The fourth-order valence-electron chi connectivity index (χ4n) is 3.71. The van der Waals surface area contributed by atoms with E-state index in [2.05, 4.69) is 49.1 Å². The molecule has 0 amide bonds. The molecule has 4 aromatic carbocycles. The van der Waals surface area contributed by atoms with Crippen molar-refractivity contribution in [1.29, 1.82) is 0 Å². The fraction of sp³-hybridized carbons (Fsp3) is 0.185. The molecule has 0 saturated carbocycles. The van der Waals surface area contributed by atoms with Crippen molar-refractivity contribution in [1.82, 2.24) is 0 Å². The van der Waals surface area contributed by atoms with Gasteiger partial charge >= 0.3 is 0 Å². The number of halogens is 3. The Hall–Kier alpha value is -3.25. The van der Waals surface area contributed by atoms with Gasteiger partial charge in [-0.25, -0.2) is 13.2 Å². The van der Waals surface area contributed by atoms with E-state index in [1.165, 1.54) is 35.6 Å². The molecular formula is C27H21F3. The van der Waals surface area contributed by atoms with Crippen molar-refractivity contribution >= 4 is 21.5 Å². The van der Waals surface area contributed by atoms with Crippen LogP contribution in [0.15, 0.2) is 60.7 Å². The molecular weight excluding hydrogens is 381 g/mol. The molecule has 3 heteroatoms. The largest absolute Gasteiger partial charge is 0.204 e. The first-order valence-corrected chi connectivity index (χ1v) is 10.2. The van der Waals surface area contributed by atoms with Crippen molar-refractivity contribution in [3.8, 4) is 11.8 Å². The Kier molecular flexibility index (Phi) is 5.77. The third-order valence-electron chi connectivity index (χ3n) is 5.30. The normalized spacial score (nSPS) is 10.9. The van der Waals surface area contributed by atoms with Crippen LogP contribution in [-0.4, -0.2) is 0 Å². The van der Waals surface area contributed by atoms with Crippen molar-refractivity contribution in [2.45, 2.75) is 32.6 Å². The standard InChI is InChI=1S/C27H21F3/c1-2-3-4-5-18-8-12-23-21(14-18)10-11-22-15-19(9-13-24(22)23)6-7-20-16-25(28)27(30)26(29)17-20/h8-17H,2-5H2,1H3. The molecule has 0 saturated heterocycles. The second-order valence-corrected chi connectivity index (χ2v) is 7.52. The maximum absolute atomic E-state index is 13.4. The minimum Gasteiger partial charge on any atom is -0.204 e. The molecule has 0 fully saturated rings. The van der Waals surface area contributed by atoms with E-state index in [4.69, 9.17) is 0 Å². The van der Waals surface area contributed by atoms with E-state index in [-0.39, 0.29) is 5.56 Å². The Bertz CT molecular complexity index is 1270. The molecule has 0 bridgehead atoms. The topological polar surface area (TPSA) is 0 Å². The monoisotopic (exact) mass is 402 g/mol. The third-order valence-corrected chi connectivity index (χ3v) is 5.30. The summed E-state index contributed by atoms with van der Waals surface area (Å²) in [7, 11) is 0. The Morgan fingerprint density at radius 3 is 2.00 bits per heavy atom. The van der Waals surface area contributed by atoms with Gasteiger partial charge in [0.15, 0.2) is 17.5 Å². The molecule has 0 N–H and O–H groups in total. The average molecular weight is 402 g/mol. The number of fused-ring (bicyclic) bond motifs is 3. The summed E-state index contributed by atoms with van der Waals surface area (Å²) in [6.45, 7) is 2.21. The molecule has 0 atom stereocenters. The van der Waals surface area contributed by atoms with E-state index in [1.807, 2.05) is 18.2 Å². The van der Waals surface area contributed by atoms with Crippen LogP contribution in [0, 0.1) is 29.3 Å². The molecule has 4 rings (SSSR count). The molecule has 0 nitrogen and oxygen atoms in total. The van der Waals surface area contributed by atoms with Gasteiger partial charge in [0.25, 0.3) is 0 Å². The number of hydrogen-bond donors (Lipinski definition) is 0. The van der Waals surface area contributed by atoms with E-state index < -0.39 is 17.5 Å². The van der Waals surface area contributed by atoms with Crippen LogP contribution < -0.4 is 0 Å². The first-order valence-electron chi connectivity index (χ1n) is 10.2. The van der Waals surface area contributed by atoms with Gasteiger partial charge in [-0.2, -0.15) is 0 Å². The van der Waals surface area contributed by atoms with Crippen LogP contribution in [-0.2, 0) is 6.42 Å². The maximum atomic E-state index is 13.4. The van der Waals surface area contributed by atoms with Crippen molar-refractivity contribution in [2.24, 2.45) is 0 Å². The highest BCUT2D eigenvalue weighted by Crippen LogP contribution is 2.27. The summed E-state index contributed by atoms with van der Waals surface area (Å²) < 4.78 is 39.8. The van der Waals surface area contributed by atoms with E-state index >= 15 is 0 Å². The SMILES string of the molecule is CCCCCc1ccc2c(ccc3cc(C#Cc4cc(F)c(F)c(F)c4)ccc32)c1. The minimum absolute atomic E-state index is 0.0978. The third kappa shape index (κ3) is 4.19. The zero-order valence-electron chi connectivity index (χ0n) is 16.7. The number of rotatable bonds is 4. The van der Waals surface area contributed by atoms with E-state index in [0.29, 0.717) is 0 Å². The van der Waals surface area contributed by atoms with Crippen molar-refractivity contribution in [3.63, 3.8) is 0 Å². The van der Waals surface area contributed by atoms with Crippen LogP contribution in [0.2, 0.25) is 0 Å². The summed E-state index contributed by atoms with van der Waals surface area (Å²) in [6.07, 6.45) is 4.77. The minimum atomic E-state index is -1.48. The molecule has 150 valence electrons. The number of benzene rings is 4. The van der Waals surface area contributed by atoms with Gasteiger partial charge in [0.1, 0.15) is 0 Å². The molecule has 0 aliphatic carbocycles. The maximum Gasteiger partial charge on any atom is 0.194 e. The predicted molar refractivity (Wildman–Crippen MR) is 117 cm³/mol. The summed E-state index contributed by atoms with van der Waals surface area (Å²) >= 11 is 0. The molecule has 30 heavy (non-hydrogen) atoms. The van der Waals surface area contributed by atoms with Gasteiger partial charge in [0.2, 0.25) is 0 Å². The Balaban J connectivity index is 1.65. The van der Waals surface area contributed by atoms with Gasteiger partial charge < -0.3 is 0 Å². The Morgan fingerprint density at radius 2 is 1.30 bits per heavy atom. The second-order valence-electron chi connectivity index (χ2n) is 7.52. The van der Waals surface area contributed by atoms with Crippen LogP contribution >= 0.6 is 0 Å². The van der Waals surface area contributed by atoms with Crippen molar-refractivity contribution in [3.05, 3.63) is 94.8 Å². The molecule has 0 aliphatic rings. The Labute approximate surface area is 174 Å². The zero-order chi connectivity index (χ0) is 21.1. The highest BCUT2D eigenvalue weighted by Gasteiger charge is 2.09. The quantitative estimate of drug-likeness (QED) is 0.143. The van der Waals surface area contributed by atoms with Crippen LogP contribution in [0.25, 0.3) is 21.5 Å². The lowest BCUT2D eigenvalue weighted by molar-refractivity contribution is 0.446. The average Bonchev–Trinajstić information content (AvgIpc) is 2.75. The van der Waals surface area contributed by atoms with Crippen LogP contribution in [0.5, 0.6) is 0 Å². The summed E-state index contributed by atoms with van der Waals surface area (Å²) in [5.41, 5.74) is 2.18. The number of hydrogen-bond acceptors (Lipinski definition) is 0. The summed E-state index contributed by atoms with van der Waals surface area (Å²) in [6, 6.07) is 18.5. The van der Waals surface area contributed by atoms with Gasteiger partial charge in [-0.15, -0.1) is 0 Å². The molecule has 4 aromatic rings. The van der Waals surface area contributed by atoms with Crippen LogP contribution in [0.3, 0.4) is 0 Å². The van der Waals surface area contributed by atoms with Gasteiger partial charge in [-0.3, -0.25) is 0 Å². The first-order chi connectivity index (χ1) is 14.5. The summed E-state index contributed by atoms with van der Waals surface area (Å²) in [5.74, 6) is 1.66. The molecule has 0 radical (unpaired) electrons. The lowest BCUT2D eigenvalue weighted by Gasteiger charge is -2.07. The molecule has 0 aromatic heterocycles. The Morgan fingerprint density at radius 1 is 0.667 bits per heavy atom. The lowest BCUT2D eigenvalue weighted by atomic mass is 9.97. The summed E-state index contributed by atoms with van der Waals surface area (Å²) in [4.78, 5) is 0. The lowest BCUT2D eigenvalue weighted by Crippen LogP contribution is -1.91. The van der Waals surface area contributed by atoms with Gasteiger partial charge in [-0.05, 0) is 64.2 Å². The van der Waals surface area contributed by atoms with Crippen LogP contribution in [0.4, 0.5) is 13.2 Å². The van der Waals surface area contributed by atoms with E-state index in [9.17, 15) is 13.2 Å². The summed E-state index contributed by atoms with van der Waals surface area (Å²) in [5, 5.41) is 4.59.